The summed E-state index contributed by atoms with van der Waals surface area (Å²) in [5.74, 6) is 1.45. The number of nitrogens with one attached hydrogen (secondary N) is 1. The molecule has 10 nitrogen and oxygen atoms in total. The first-order valence-electron chi connectivity index (χ1n) is 14.5. The standard InChI is InChI=1S/C31H33FN6O4/c1-20(39)36-24-8-12-37(13-9-24)25-7-4-22(18-33-25)28-26(21-2-5-23(32)6-3-21)27-29(34-19-35-30(27)42-28)38-14-10-31(11-15-38)40-16-17-41-31/h2-7,18-19,24H,8-17H2,1H3,(H,36,39). The number of furan rings is 1. The number of piperidine rings is 2. The molecule has 3 aliphatic heterocycles. The summed E-state index contributed by atoms with van der Waals surface area (Å²) in [6.45, 7) is 5.86. The number of ether oxygens (including phenoxy) is 2. The van der Waals surface area contributed by atoms with Crippen molar-refractivity contribution in [3.63, 3.8) is 0 Å². The van der Waals surface area contributed by atoms with Crippen LogP contribution in [0.15, 0.2) is 53.3 Å². The average molecular weight is 573 g/mol. The molecular formula is C31H33FN6O4. The van der Waals surface area contributed by atoms with E-state index in [0.29, 0.717) is 37.8 Å². The first kappa shape index (κ1) is 26.8. The van der Waals surface area contributed by atoms with Gasteiger partial charge in [-0.15, -0.1) is 0 Å². The number of hydrogen-bond donors (Lipinski definition) is 1. The number of benzene rings is 1. The number of halogens is 1. The van der Waals surface area contributed by atoms with E-state index in [1.165, 1.54) is 18.5 Å². The highest BCUT2D eigenvalue weighted by Crippen LogP contribution is 2.44. The summed E-state index contributed by atoms with van der Waals surface area (Å²) in [5, 5.41) is 3.80. The fourth-order valence-corrected chi connectivity index (χ4v) is 6.35. The van der Waals surface area contributed by atoms with Crippen molar-refractivity contribution in [3.8, 4) is 22.5 Å². The summed E-state index contributed by atoms with van der Waals surface area (Å²) >= 11 is 0. The van der Waals surface area contributed by atoms with Crippen LogP contribution >= 0.6 is 0 Å². The van der Waals surface area contributed by atoms with Crippen LogP contribution < -0.4 is 15.1 Å². The minimum absolute atomic E-state index is 0.00705. The Balaban J connectivity index is 1.23. The van der Waals surface area contributed by atoms with Gasteiger partial charge in [0.2, 0.25) is 11.6 Å². The van der Waals surface area contributed by atoms with Crippen LogP contribution in [0.2, 0.25) is 0 Å². The Bertz CT molecular complexity index is 1570. The highest BCUT2D eigenvalue weighted by molar-refractivity contribution is 6.06. The number of rotatable bonds is 5. The van der Waals surface area contributed by atoms with Crippen LogP contribution in [0.5, 0.6) is 0 Å². The highest BCUT2D eigenvalue weighted by Gasteiger charge is 2.40. The van der Waals surface area contributed by atoms with Crippen molar-refractivity contribution in [2.45, 2.75) is 44.4 Å². The van der Waals surface area contributed by atoms with Gasteiger partial charge >= 0.3 is 0 Å². The predicted octanol–water partition coefficient (Wildman–Crippen LogP) is 4.54. The number of hydrogen-bond acceptors (Lipinski definition) is 9. The number of aromatic nitrogens is 3. The van der Waals surface area contributed by atoms with E-state index in [9.17, 15) is 9.18 Å². The first-order chi connectivity index (χ1) is 20.5. The maximum Gasteiger partial charge on any atom is 0.232 e. The van der Waals surface area contributed by atoms with Crippen molar-refractivity contribution in [2.75, 3.05) is 49.2 Å². The summed E-state index contributed by atoms with van der Waals surface area (Å²) in [6.07, 6.45) is 6.56. The van der Waals surface area contributed by atoms with E-state index in [1.54, 1.807) is 19.1 Å². The molecular weight excluding hydrogens is 539 g/mol. The van der Waals surface area contributed by atoms with Gasteiger partial charge in [-0.2, -0.15) is 0 Å². The molecule has 3 saturated heterocycles. The van der Waals surface area contributed by atoms with Crippen molar-refractivity contribution in [1.29, 1.82) is 0 Å². The Morgan fingerprint density at radius 3 is 2.31 bits per heavy atom. The average Bonchev–Trinajstić information content (AvgIpc) is 3.63. The molecule has 0 radical (unpaired) electrons. The van der Waals surface area contributed by atoms with Gasteiger partial charge in [-0.25, -0.2) is 19.3 Å². The Morgan fingerprint density at radius 2 is 1.64 bits per heavy atom. The van der Waals surface area contributed by atoms with Crippen molar-refractivity contribution in [2.24, 2.45) is 0 Å². The van der Waals surface area contributed by atoms with Crippen LogP contribution in [0.1, 0.15) is 32.6 Å². The molecule has 11 heteroatoms. The quantitative estimate of drug-likeness (QED) is 0.369. The van der Waals surface area contributed by atoms with Gasteiger partial charge in [0.25, 0.3) is 0 Å². The van der Waals surface area contributed by atoms with E-state index in [-0.39, 0.29) is 17.8 Å². The third-order valence-corrected chi connectivity index (χ3v) is 8.48. The zero-order valence-electron chi connectivity index (χ0n) is 23.5. The Labute approximate surface area is 242 Å². The van der Waals surface area contributed by atoms with Gasteiger partial charge in [-0.1, -0.05) is 12.1 Å². The lowest BCUT2D eigenvalue weighted by molar-refractivity contribution is -0.169. The third-order valence-electron chi connectivity index (χ3n) is 8.48. The van der Waals surface area contributed by atoms with Crippen LogP contribution in [0.4, 0.5) is 16.0 Å². The minimum atomic E-state index is -0.503. The van der Waals surface area contributed by atoms with Crippen LogP contribution in [0.25, 0.3) is 33.6 Å². The second kappa shape index (κ2) is 11.0. The second-order valence-electron chi connectivity index (χ2n) is 11.2. The van der Waals surface area contributed by atoms with Crippen LogP contribution in [-0.4, -0.2) is 72.1 Å². The molecule has 3 fully saturated rings. The molecule has 1 spiro atoms. The normalized spacial score (nSPS) is 19.1. The first-order valence-corrected chi connectivity index (χ1v) is 14.5. The smallest absolute Gasteiger partial charge is 0.232 e. The molecule has 4 aromatic rings. The zero-order valence-corrected chi connectivity index (χ0v) is 23.5. The molecule has 1 N–H and O–H groups in total. The number of carbonyl (C=O) groups is 1. The monoisotopic (exact) mass is 572 g/mol. The van der Waals surface area contributed by atoms with E-state index in [4.69, 9.17) is 23.9 Å². The number of pyridine rings is 1. The molecule has 3 aliphatic rings. The number of nitrogens with zero attached hydrogens (tertiary/aromatic N) is 5. The maximum atomic E-state index is 14.0. The SMILES string of the molecule is CC(=O)NC1CCN(c2ccc(-c3oc4ncnc(N5CCC6(CC5)OCCO6)c4c3-c3ccc(F)cc3)cn2)CC1. The molecule has 0 bridgehead atoms. The zero-order chi connectivity index (χ0) is 28.7. The summed E-state index contributed by atoms with van der Waals surface area (Å²) in [7, 11) is 0. The molecule has 0 unspecified atom stereocenters. The van der Waals surface area contributed by atoms with E-state index in [0.717, 1.165) is 72.5 Å². The highest BCUT2D eigenvalue weighted by atomic mass is 19.1. The third kappa shape index (κ3) is 5.07. The number of carbonyl (C=O) groups excluding carboxylic acids is 1. The fourth-order valence-electron chi connectivity index (χ4n) is 6.35. The van der Waals surface area contributed by atoms with E-state index < -0.39 is 5.79 Å². The summed E-state index contributed by atoms with van der Waals surface area (Å²) in [5.41, 5.74) is 2.87. The molecule has 42 heavy (non-hydrogen) atoms. The Morgan fingerprint density at radius 1 is 0.929 bits per heavy atom. The van der Waals surface area contributed by atoms with Crippen molar-refractivity contribution < 1.29 is 23.1 Å². The molecule has 1 aromatic carbocycles. The van der Waals surface area contributed by atoms with Crippen LogP contribution in [0.3, 0.4) is 0 Å². The molecule has 0 atom stereocenters. The van der Waals surface area contributed by atoms with Gasteiger partial charge in [0, 0.05) is 69.3 Å². The van der Waals surface area contributed by atoms with Crippen LogP contribution in [-0.2, 0) is 14.3 Å². The number of amides is 1. The summed E-state index contributed by atoms with van der Waals surface area (Å²) in [6, 6.07) is 10.6. The molecule has 6 heterocycles. The van der Waals surface area contributed by atoms with Crippen molar-refractivity contribution >= 4 is 28.6 Å². The molecule has 218 valence electrons. The number of anilines is 2. The minimum Gasteiger partial charge on any atom is -0.437 e. The summed E-state index contributed by atoms with van der Waals surface area (Å²) in [4.78, 5) is 29.9. The van der Waals surface area contributed by atoms with Gasteiger partial charge in [-0.3, -0.25) is 4.79 Å². The van der Waals surface area contributed by atoms with Gasteiger partial charge in [-0.05, 0) is 42.7 Å². The van der Waals surface area contributed by atoms with Crippen molar-refractivity contribution in [3.05, 3.63) is 54.7 Å². The molecule has 3 aromatic heterocycles. The topological polar surface area (TPSA) is 106 Å². The van der Waals surface area contributed by atoms with Gasteiger partial charge in [0.05, 0.1) is 18.6 Å². The predicted molar refractivity (Wildman–Crippen MR) is 156 cm³/mol. The van der Waals surface area contributed by atoms with Crippen LogP contribution in [0, 0.1) is 5.82 Å². The second-order valence-corrected chi connectivity index (χ2v) is 11.2. The largest absolute Gasteiger partial charge is 0.437 e. The molecule has 0 saturated carbocycles. The van der Waals surface area contributed by atoms with Gasteiger partial charge in [0.15, 0.2) is 5.79 Å². The molecule has 7 rings (SSSR count). The van der Waals surface area contributed by atoms with E-state index in [1.807, 2.05) is 18.3 Å². The van der Waals surface area contributed by atoms with Crippen molar-refractivity contribution in [1.82, 2.24) is 20.3 Å². The lowest BCUT2D eigenvalue weighted by Gasteiger charge is -2.38. The fraction of sp³-hybridized carbons (Fsp3) is 0.419. The van der Waals surface area contributed by atoms with Gasteiger partial charge < -0.3 is 29.0 Å². The Kier molecular flexibility index (Phi) is 6.99. The molecule has 1 amide bonds. The Hall–Kier alpha value is -4.09. The lowest BCUT2D eigenvalue weighted by Crippen LogP contribution is -2.45. The summed E-state index contributed by atoms with van der Waals surface area (Å²) < 4.78 is 32.3. The van der Waals surface area contributed by atoms with E-state index >= 15 is 0 Å². The maximum absolute atomic E-state index is 14.0. The van der Waals surface area contributed by atoms with E-state index in [2.05, 4.69) is 20.1 Å². The lowest BCUT2D eigenvalue weighted by atomic mass is 9.98. The molecule has 0 aliphatic carbocycles. The number of fused-ring (bicyclic) bond motifs is 1. The van der Waals surface area contributed by atoms with Gasteiger partial charge in [0.1, 0.15) is 29.5 Å².